The lowest BCUT2D eigenvalue weighted by Gasteiger charge is -2.19. The van der Waals surface area contributed by atoms with Crippen molar-refractivity contribution < 1.29 is 4.74 Å². The third-order valence-electron chi connectivity index (χ3n) is 1.98. The van der Waals surface area contributed by atoms with Crippen molar-refractivity contribution in [1.82, 2.24) is 0 Å². The SMILES string of the molecule is C[CH]C1C=Cc2ccccc2O1. The van der Waals surface area contributed by atoms with E-state index in [1.807, 2.05) is 31.5 Å². The van der Waals surface area contributed by atoms with Crippen LogP contribution in [0.3, 0.4) is 0 Å². The Labute approximate surface area is 72.7 Å². The Hall–Kier alpha value is -1.24. The topological polar surface area (TPSA) is 9.23 Å². The number of rotatable bonds is 1. The van der Waals surface area contributed by atoms with Crippen molar-refractivity contribution in [3.63, 3.8) is 0 Å². The van der Waals surface area contributed by atoms with Crippen molar-refractivity contribution in [2.45, 2.75) is 13.0 Å². The molecule has 1 aromatic carbocycles. The Morgan fingerprint density at radius 1 is 1.33 bits per heavy atom. The average molecular weight is 159 g/mol. The first-order valence-corrected chi connectivity index (χ1v) is 4.13. The van der Waals surface area contributed by atoms with Gasteiger partial charge in [-0.1, -0.05) is 31.2 Å². The van der Waals surface area contributed by atoms with E-state index in [9.17, 15) is 0 Å². The molecule has 1 aliphatic rings. The van der Waals surface area contributed by atoms with Gasteiger partial charge in [-0.3, -0.25) is 0 Å². The summed E-state index contributed by atoms with van der Waals surface area (Å²) in [5, 5.41) is 0. The van der Waals surface area contributed by atoms with Gasteiger partial charge in [0.2, 0.25) is 0 Å². The molecule has 1 atom stereocenters. The molecule has 0 fully saturated rings. The fourth-order valence-electron chi connectivity index (χ4n) is 1.29. The molecule has 0 aromatic heterocycles. The van der Waals surface area contributed by atoms with Gasteiger partial charge in [-0.15, -0.1) is 0 Å². The third kappa shape index (κ3) is 1.22. The van der Waals surface area contributed by atoms with E-state index >= 15 is 0 Å². The minimum atomic E-state index is 0.139. The van der Waals surface area contributed by atoms with Gasteiger partial charge in [0, 0.05) is 12.0 Å². The molecule has 0 saturated carbocycles. The number of hydrogen-bond donors (Lipinski definition) is 0. The highest BCUT2D eigenvalue weighted by Crippen LogP contribution is 2.25. The molecule has 0 aliphatic carbocycles. The number of benzene rings is 1. The van der Waals surface area contributed by atoms with E-state index in [1.54, 1.807) is 0 Å². The molecule has 1 heteroatoms. The largest absolute Gasteiger partial charge is 0.485 e. The molecule has 1 heterocycles. The first kappa shape index (κ1) is 7.41. The molecule has 1 unspecified atom stereocenters. The van der Waals surface area contributed by atoms with Gasteiger partial charge in [-0.05, 0) is 12.1 Å². The van der Waals surface area contributed by atoms with Crippen LogP contribution in [-0.2, 0) is 0 Å². The zero-order valence-electron chi connectivity index (χ0n) is 7.03. The van der Waals surface area contributed by atoms with E-state index in [0.29, 0.717) is 0 Å². The summed E-state index contributed by atoms with van der Waals surface area (Å²) >= 11 is 0. The zero-order valence-corrected chi connectivity index (χ0v) is 7.03. The molecule has 0 saturated heterocycles. The first-order valence-electron chi connectivity index (χ1n) is 4.13. The average Bonchev–Trinajstić information content (AvgIpc) is 2.17. The summed E-state index contributed by atoms with van der Waals surface area (Å²) in [5.41, 5.74) is 1.16. The molecule has 0 amide bonds. The van der Waals surface area contributed by atoms with Crippen LogP contribution in [0.5, 0.6) is 5.75 Å². The van der Waals surface area contributed by atoms with Crippen LogP contribution in [0.4, 0.5) is 0 Å². The van der Waals surface area contributed by atoms with Crippen molar-refractivity contribution in [2.75, 3.05) is 0 Å². The molecule has 0 bridgehead atoms. The monoisotopic (exact) mass is 159 g/mol. The summed E-state index contributed by atoms with van der Waals surface area (Å²) in [5.74, 6) is 0.975. The van der Waals surface area contributed by atoms with Gasteiger partial charge >= 0.3 is 0 Å². The van der Waals surface area contributed by atoms with Crippen LogP contribution in [0, 0.1) is 6.42 Å². The molecule has 0 N–H and O–H groups in total. The van der Waals surface area contributed by atoms with E-state index in [1.165, 1.54) is 0 Å². The van der Waals surface area contributed by atoms with Crippen LogP contribution in [0.2, 0.25) is 0 Å². The lowest BCUT2D eigenvalue weighted by atomic mass is 10.1. The number of fused-ring (bicyclic) bond motifs is 1. The lowest BCUT2D eigenvalue weighted by molar-refractivity contribution is 0.277. The summed E-state index contributed by atoms with van der Waals surface area (Å²) in [6.07, 6.45) is 6.33. The second-order valence-corrected chi connectivity index (χ2v) is 2.81. The number of ether oxygens (including phenoxy) is 1. The summed E-state index contributed by atoms with van der Waals surface area (Å²) in [6.45, 7) is 2.00. The predicted octanol–water partition coefficient (Wildman–Crippen LogP) is 2.68. The van der Waals surface area contributed by atoms with Crippen molar-refractivity contribution in [3.05, 3.63) is 42.3 Å². The third-order valence-corrected chi connectivity index (χ3v) is 1.98. The minimum absolute atomic E-state index is 0.139. The van der Waals surface area contributed by atoms with Gasteiger partial charge in [0.25, 0.3) is 0 Å². The molecule has 12 heavy (non-hydrogen) atoms. The molecule has 2 rings (SSSR count). The first-order chi connectivity index (χ1) is 5.90. The zero-order chi connectivity index (χ0) is 8.39. The van der Waals surface area contributed by atoms with E-state index in [-0.39, 0.29) is 6.10 Å². The quantitative estimate of drug-likeness (QED) is 0.612. The minimum Gasteiger partial charge on any atom is -0.485 e. The number of para-hydroxylation sites is 1. The maximum Gasteiger partial charge on any atom is 0.127 e. The molecule has 0 spiro atoms. The normalized spacial score (nSPS) is 19.9. The molecule has 1 nitrogen and oxygen atoms in total. The highest BCUT2D eigenvalue weighted by molar-refractivity contribution is 5.59. The summed E-state index contributed by atoms with van der Waals surface area (Å²) < 4.78 is 5.64. The Morgan fingerprint density at radius 2 is 2.17 bits per heavy atom. The van der Waals surface area contributed by atoms with Crippen molar-refractivity contribution in [2.24, 2.45) is 0 Å². The highest BCUT2D eigenvalue weighted by atomic mass is 16.5. The Morgan fingerprint density at radius 3 is 3.00 bits per heavy atom. The maximum absolute atomic E-state index is 5.64. The Bertz CT molecular complexity index is 302. The predicted molar refractivity (Wildman–Crippen MR) is 49.9 cm³/mol. The fraction of sp³-hybridized carbons (Fsp3) is 0.182. The van der Waals surface area contributed by atoms with Crippen LogP contribution in [0.1, 0.15) is 12.5 Å². The van der Waals surface area contributed by atoms with Crippen LogP contribution in [0.15, 0.2) is 30.3 Å². The summed E-state index contributed by atoms with van der Waals surface area (Å²) in [6, 6.07) is 8.06. The van der Waals surface area contributed by atoms with Gasteiger partial charge in [0.15, 0.2) is 0 Å². The fourth-order valence-corrected chi connectivity index (χ4v) is 1.29. The molecule has 61 valence electrons. The van der Waals surface area contributed by atoms with E-state index in [2.05, 4.69) is 18.2 Å². The van der Waals surface area contributed by atoms with Gasteiger partial charge in [-0.2, -0.15) is 0 Å². The number of hydrogen-bond acceptors (Lipinski definition) is 1. The van der Waals surface area contributed by atoms with Gasteiger partial charge in [0.1, 0.15) is 11.9 Å². The molecule has 1 radical (unpaired) electrons. The molecular weight excluding hydrogens is 148 g/mol. The summed E-state index contributed by atoms with van der Waals surface area (Å²) in [4.78, 5) is 0. The standard InChI is InChI=1S/C11H11O/c1-2-10-8-7-9-5-3-4-6-11(9)12-10/h2-8,10H,1H3. The van der Waals surface area contributed by atoms with E-state index in [0.717, 1.165) is 11.3 Å². The molecular formula is C11H11O. The molecule has 1 aromatic rings. The smallest absolute Gasteiger partial charge is 0.127 e. The molecule has 1 aliphatic heterocycles. The van der Waals surface area contributed by atoms with Crippen molar-refractivity contribution in [3.8, 4) is 5.75 Å². The van der Waals surface area contributed by atoms with E-state index < -0.39 is 0 Å². The highest BCUT2D eigenvalue weighted by Gasteiger charge is 2.11. The second-order valence-electron chi connectivity index (χ2n) is 2.81. The summed E-state index contributed by atoms with van der Waals surface area (Å²) in [7, 11) is 0. The second kappa shape index (κ2) is 3.02. The van der Waals surface area contributed by atoms with Crippen LogP contribution < -0.4 is 4.74 Å². The van der Waals surface area contributed by atoms with Crippen LogP contribution in [-0.4, -0.2) is 6.10 Å². The van der Waals surface area contributed by atoms with Gasteiger partial charge in [-0.25, -0.2) is 0 Å². The van der Waals surface area contributed by atoms with Gasteiger partial charge < -0.3 is 4.74 Å². The van der Waals surface area contributed by atoms with Crippen molar-refractivity contribution >= 4 is 6.08 Å². The van der Waals surface area contributed by atoms with Crippen LogP contribution >= 0.6 is 0 Å². The maximum atomic E-state index is 5.64. The van der Waals surface area contributed by atoms with Crippen LogP contribution in [0.25, 0.3) is 6.08 Å². The van der Waals surface area contributed by atoms with Crippen molar-refractivity contribution in [1.29, 1.82) is 0 Å². The van der Waals surface area contributed by atoms with E-state index in [4.69, 9.17) is 4.74 Å². The Kier molecular flexibility index (Phi) is 1.86. The Balaban J connectivity index is 2.33. The van der Waals surface area contributed by atoms with Gasteiger partial charge in [0.05, 0.1) is 0 Å². The lowest BCUT2D eigenvalue weighted by Crippen LogP contribution is -2.15.